The lowest BCUT2D eigenvalue weighted by molar-refractivity contribution is -0.134. The van der Waals surface area contributed by atoms with Crippen LogP contribution < -0.4 is 4.74 Å². The molecule has 1 aromatic carbocycles. The molecule has 4 heteroatoms. The molecule has 0 atom stereocenters. The molecule has 82 valence electrons. The third kappa shape index (κ3) is 1.58. The molecular formula is C12H11NO3. The summed E-state index contributed by atoms with van der Waals surface area (Å²) in [5.41, 5.74) is 1.11. The zero-order valence-electron chi connectivity index (χ0n) is 9.06. The van der Waals surface area contributed by atoms with E-state index in [0.717, 1.165) is 4.90 Å². The molecule has 1 aliphatic rings. The van der Waals surface area contributed by atoms with Gasteiger partial charge < -0.3 is 4.74 Å². The lowest BCUT2D eigenvalue weighted by Gasteiger charge is -2.07. The topological polar surface area (TPSA) is 46.6 Å². The SMILES string of the molecule is COc1cccc(C2=CC(=O)N(C)C2=O)c1. The van der Waals surface area contributed by atoms with E-state index in [1.54, 1.807) is 31.4 Å². The van der Waals surface area contributed by atoms with Crippen molar-refractivity contribution < 1.29 is 14.3 Å². The molecular weight excluding hydrogens is 206 g/mol. The Morgan fingerprint density at radius 3 is 2.56 bits per heavy atom. The van der Waals surface area contributed by atoms with Gasteiger partial charge in [-0.25, -0.2) is 0 Å². The van der Waals surface area contributed by atoms with Gasteiger partial charge in [-0.15, -0.1) is 0 Å². The first-order valence-electron chi connectivity index (χ1n) is 4.81. The van der Waals surface area contributed by atoms with Crippen LogP contribution in [0.4, 0.5) is 0 Å². The summed E-state index contributed by atoms with van der Waals surface area (Å²) >= 11 is 0. The molecule has 4 nitrogen and oxygen atoms in total. The quantitative estimate of drug-likeness (QED) is 0.696. The molecule has 0 aromatic heterocycles. The molecule has 0 N–H and O–H groups in total. The number of ether oxygens (including phenoxy) is 1. The van der Waals surface area contributed by atoms with Crippen molar-refractivity contribution in [2.75, 3.05) is 14.2 Å². The molecule has 0 bridgehead atoms. The Hall–Kier alpha value is -2.10. The minimum absolute atomic E-state index is 0.279. The lowest BCUT2D eigenvalue weighted by atomic mass is 10.1. The predicted molar refractivity (Wildman–Crippen MR) is 58.7 cm³/mol. The maximum Gasteiger partial charge on any atom is 0.261 e. The number of carbonyl (C=O) groups is 2. The van der Waals surface area contributed by atoms with Gasteiger partial charge in [0.2, 0.25) is 0 Å². The Morgan fingerprint density at radius 2 is 2.00 bits per heavy atom. The number of amides is 2. The van der Waals surface area contributed by atoms with Crippen LogP contribution in [0.3, 0.4) is 0 Å². The van der Waals surface area contributed by atoms with E-state index in [1.807, 2.05) is 0 Å². The van der Waals surface area contributed by atoms with Gasteiger partial charge in [0.25, 0.3) is 11.8 Å². The summed E-state index contributed by atoms with van der Waals surface area (Å²) in [6.07, 6.45) is 1.34. The lowest BCUT2D eigenvalue weighted by Crippen LogP contribution is -2.25. The summed E-state index contributed by atoms with van der Waals surface area (Å²) in [5.74, 6) is 0.0919. The fraction of sp³-hybridized carbons (Fsp3) is 0.167. The number of hydrogen-bond acceptors (Lipinski definition) is 3. The van der Waals surface area contributed by atoms with Crippen molar-refractivity contribution in [2.24, 2.45) is 0 Å². The summed E-state index contributed by atoms with van der Waals surface area (Å²) in [5, 5.41) is 0. The van der Waals surface area contributed by atoms with Crippen LogP contribution in [0.2, 0.25) is 0 Å². The number of likely N-dealkylation sites (N-methyl/N-ethyl adjacent to an activating group) is 1. The van der Waals surface area contributed by atoms with Gasteiger partial charge in [-0.05, 0) is 17.7 Å². The Balaban J connectivity index is 2.42. The number of benzene rings is 1. The Bertz CT molecular complexity index is 491. The summed E-state index contributed by atoms with van der Waals surface area (Å²) in [6, 6.07) is 7.08. The van der Waals surface area contributed by atoms with E-state index in [2.05, 4.69) is 0 Å². The second kappa shape index (κ2) is 3.81. The first kappa shape index (κ1) is 10.4. The van der Waals surface area contributed by atoms with E-state index in [9.17, 15) is 9.59 Å². The van der Waals surface area contributed by atoms with Crippen LogP contribution in [0.1, 0.15) is 5.56 Å². The molecule has 0 aliphatic carbocycles. The molecule has 0 radical (unpaired) electrons. The Labute approximate surface area is 93.1 Å². The van der Waals surface area contributed by atoms with Gasteiger partial charge in [-0.1, -0.05) is 12.1 Å². The van der Waals surface area contributed by atoms with Crippen molar-refractivity contribution in [2.45, 2.75) is 0 Å². The average molecular weight is 217 g/mol. The molecule has 1 heterocycles. The number of nitrogens with zero attached hydrogens (tertiary/aromatic N) is 1. The smallest absolute Gasteiger partial charge is 0.261 e. The van der Waals surface area contributed by atoms with Crippen LogP contribution in [0.15, 0.2) is 30.3 Å². The van der Waals surface area contributed by atoms with Crippen LogP contribution in [0, 0.1) is 0 Å². The Kier molecular flexibility index (Phi) is 2.48. The Morgan fingerprint density at radius 1 is 1.25 bits per heavy atom. The summed E-state index contributed by atoms with van der Waals surface area (Å²) < 4.78 is 5.07. The first-order chi connectivity index (χ1) is 7.63. The molecule has 0 spiro atoms. The van der Waals surface area contributed by atoms with Crippen molar-refractivity contribution in [3.8, 4) is 5.75 Å². The number of methoxy groups -OCH3 is 1. The van der Waals surface area contributed by atoms with Gasteiger partial charge in [0.1, 0.15) is 5.75 Å². The third-order valence-electron chi connectivity index (χ3n) is 2.51. The highest BCUT2D eigenvalue weighted by Crippen LogP contribution is 2.25. The molecule has 0 saturated carbocycles. The van der Waals surface area contributed by atoms with E-state index in [0.29, 0.717) is 16.9 Å². The zero-order valence-corrected chi connectivity index (χ0v) is 9.06. The van der Waals surface area contributed by atoms with Crippen LogP contribution in [0.25, 0.3) is 5.57 Å². The molecule has 16 heavy (non-hydrogen) atoms. The predicted octanol–water partition coefficient (Wildman–Crippen LogP) is 1.08. The van der Waals surface area contributed by atoms with Crippen molar-refractivity contribution in [1.82, 2.24) is 4.90 Å². The van der Waals surface area contributed by atoms with Crippen molar-refractivity contribution in [1.29, 1.82) is 0 Å². The molecule has 0 fully saturated rings. The minimum Gasteiger partial charge on any atom is -0.497 e. The summed E-state index contributed by atoms with van der Waals surface area (Å²) in [7, 11) is 3.02. The number of hydrogen-bond donors (Lipinski definition) is 0. The fourth-order valence-corrected chi connectivity index (χ4v) is 1.56. The van der Waals surface area contributed by atoms with E-state index in [4.69, 9.17) is 4.74 Å². The second-order valence-corrected chi connectivity index (χ2v) is 3.49. The highest BCUT2D eigenvalue weighted by atomic mass is 16.5. The standard InChI is InChI=1S/C12H11NO3/c1-13-11(14)7-10(12(13)15)8-4-3-5-9(6-8)16-2/h3-7H,1-2H3. The first-order valence-corrected chi connectivity index (χ1v) is 4.81. The summed E-state index contributed by atoms with van der Waals surface area (Å²) in [6.45, 7) is 0. The molecule has 2 rings (SSSR count). The zero-order chi connectivity index (χ0) is 11.7. The van der Waals surface area contributed by atoms with Crippen LogP contribution in [-0.2, 0) is 9.59 Å². The van der Waals surface area contributed by atoms with Crippen LogP contribution in [0.5, 0.6) is 5.75 Å². The van der Waals surface area contributed by atoms with E-state index in [1.165, 1.54) is 13.1 Å². The van der Waals surface area contributed by atoms with Gasteiger partial charge in [0.15, 0.2) is 0 Å². The number of rotatable bonds is 2. The summed E-state index contributed by atoms with van der Waals surface area (Å²) in [4.78, 5) is 24.1. The highest BCUT2D eigenvalue weighted by Gasteiger charge is 2.28. The van der Waals surface area contributed by atoms with Crippen LogP contribution in [-0.4, -0.2) is 30.9 Å². The number of imide groups is 1. The van der Waals surface area contributed by atoms with Crippen molar-refractivity contribution >= 4 is 17.4 Å². The van der Waals surface area contributed by atoms with Crippen molar-refractivity contribution in [3.05, 3.63) is 35.9 Å². The van der Waals surface area contributed by atoms with E-state index < -0.39 is 0 Å². The minimum atomic E-state index is -0.289. The number of carbonyl (C=O) groups excluding carboxylic acids is 2. The second-order valence-electron chi connectivity index (χ2n) is 3.49. The van der Waals surface area contributed by atoms with Crippen LogP contribution >= 0.6 is 0 Å². The molecule has 0 saturated heterocycles. The van der Waals surface area contributed by atoms with Gasteiger partial charge in [-0.3, -0.25) is 14.5 Å². The largest absolute Gasteiger partial charge is 0.497 e. The molecule has 0 unspecified atom stereocenters. The monoisotopic (exact) mass is 217 g/mol. The molecule has 1 aromatic rings. The highest BCUT2D eigenvalue weighted by molar-refractivity contribution is 6.33. The maximum atomic E-state index is 11.7. The fourth-order valence-electron chi connectivity index (χ4n) is 1.56. The molecule has 2 amide bonds. The normalized spacial score (nSPS) is 15.4. The van der Waals surface area contributed by atoms with Gasteiger partial charge in [0, 0.05) is 13.1 Å². The molecule has 1 aliphatic heterocycles. The van der Waals surface area contributed by atoms with E-state index in [-0.39, 0.29) is 11.8 Å². The van der Waals surface area contributed by atoms with Crippen molar-refractivity contribution in [3.63, 3.8) is 0 Å². The maximum absolute atomic E-state index is 11.7. The average Bonchev–Trinajstić information content (AvgIpc) is 2.57. The third-order valence-corrected chi connectivity index (χ3v) is 2.51. The van der Waals surface area contributed by atoms with E-state index >= 15 is 0 Å². The van der Waals surface area contributed by atoms with Gasteiger partial charge in [-0.2, -0.15) is 0 Å². The van der Waals surface area contributed by atoms with Gasteiger partial charge >= 0.3 is 0 Å². The van der Waals surface area contributed by atoms with Gasteiger partial charge in [0.05, 0.1) is 12.7 Å².